The molecule has 0 saturated carbocycles. The van der Waals surface area contributed by atoms with Gasteiger partial charge in [0.2, 0.25) is 0 Å². The average molecular weight is 301 g/mol. The van der Waals surface area contributed by atoms with Gasteiger partial charge in [0.15, 0.2) is 0 Å². The summed E-state index contributed by atoms with van der Waals surface area (Å²) in [4.78, 5) is 0. The van der Waals surface area contributed by atoms with Crippen molar-refractivity contribution in [3.63, 3.8) is 0 Å². The van der Waals surface area contributed by atoms with E-state index in [1.165, 1.54) is 5.56 Å². The van der Waals surface area contributed by atoms with Gasteiger partial charge in [-0.05, 0) is 48.9 Å². The van der Waals surface area contributed by atoms with Gasteiger partial charge in [-0.2, -0.15) is 0 Å². The number of aliphatic hydroxyl groups excluding tert-OH is 1. The lowest BCUT2D eigenvalue weighted by atomic mass is 9.99. The van der Waals surface area contributed by atoms with Crippen LogP contribution < -0.4 is 4.74 Å². The van der Waals surface area contributed by atoms with Gasteiger partial charge < -0.3 is 9.84 Å². The van der Waals surface area contributed by atoms with Crippen LogP contribution in [-0.4, -0.2) is 18.3 Å². The minimum Gasteiger partial charge on any atom is -0.497 e. The fraction of sp³-hybridized carbons (Fsp3) is 0.571. The Balaban J connectivity index is 2.51. The van der Waals surface area contributed by atoms with E-state index in [0.29, 0.717) is 5.92 Å². The fourth-order valence-corrected chi connectivity index (χ4v) is 2.15. The molecule has 1 unspecified atom stereocenters. The molecule has 1 rings (SSSR count). The first-order valence-corrected chi connectivity index (χ1v) is 6.84. The van der Waals surface area contributed by atoms with Crippen molar-refractivity contribution in [3.8, 4) is 5.75 Å². The summed E-state index contributed by atoms with van der Waals surface area (Å²) in [5, 5.41) is 9.74. The molecule has 0 saturated heterocycles. The van der Waals surface area contributed by atoms with Gasteiger partial charge in [-0.25, -0.2) is 0 Å². The van der Waals surface area contributed by atoms with E-state index < -0.39 is 0 Å². The lowest BCUT2D eigenvalue weighted by Crippen LogP contribution is -2.14. The number of hydrogen-bond donors (Lipinski definition) is 1. The van der Waals surface area contributed by atoms with Crippen LogP contribution in [0.4, 0.5) is 0 Å². The van der Waals surface area contributed by atoms with Crippen LogP contribution in [0.1, 0.15) is 32.3 Å². The predicted octanol–water partition coefficient (Wildman–Crippen LogP) is 3.80. The number of aryl methyl sites for hydroxylation is 1. The molecule has 1 aromatic rings. The Morgan fingerprint density at radius 2 is 2.06 bits per heavy atom. The Morgan fingerprint density at radius 1 is 1.35 bits per heavy atom. The molecule has 0 aliphatic carbocycles. The SMILES string of the molecule is COc1ccc(Br)c(CCCC(O)C(C)C)c1. The molecular weight excluding hydrogens is 280 g/mol. The number of benzene rings is 1. The highest BCUT2D eigenvalue weighted by atomic mass is 79.9. The van der Waals surface area contributed by atoms with E-state index in [1.807, 2.05) is 32.0 Å². The average Bonchev–Trinajstić information content (AvgIpc) is 2.31. The Labute approximate surface area is 112 Å². The molecule has 1 aromatic carbocycles. The number of methoxy groups -OCH3 is 1. The third kappa shape index (κ3) is 4.68. The summed E-state index contributed by atoms with van der Waals surface area (Å²) in [6, 6.07) is 6.00. The molecule has 0 aliphatic rings. The first kappa shape index (κ1) is 14.5. The molecule has 0 spiro atoms. The number of halogens is 1. The third-order valence-corrected chi connectivity index (χ3v) is 3.74. The van der Waals surface area contributed by atoms with Gasteiger partial charge in [0.25, 0.3) is 0 Å². The second-order valence-electron chi connectivity index (χ2n) is 4.66. The van der Waals surface area contributed by atoms with E-state index in [4.69, 9.17) is 4.74 Å². The highest BCUT2D eigenvalue weighted by Crippen LogP contribution is 2.24. The largest absolute Gasteiger partial charge is 0.497 e. The quantitative estimate of drug-likeness (QED) is 0.866. The molecular formula is C14H21BrO2. The second kappa shape index (κ2) is 7.02. The van der Waals surface area contributed by atoms with Gasteiger partial charge in [-0.3, -0.25) is 0 Å². The zero-order valence-corrected chi connectivity index (χ0v) is 12.3. The lowest BCUT2D eigenvalue weighted by Gasteiger charge is -2.14. The predicted molar refractivity (Wildman–Crippen MR) is 74.5 cm³/mol. The van der Waals surface area contributed by atoms with Crippen molar-refractivity contribution in [2.75, 3.05) is 7.11 Å². The maximum atomic E-state index is 9.74. The maximum Gasteiger partial charge on any atom is 0.119 e. The smallest absolute Gasteiger partial charge is 0.119 e. The standard InChI is InChI=1S/C14H21BrO2/c1-10(2)14(16)6-4-5-11-9-12(17-3)7-8-13(11)15/h7-10,14,16H,4-6H2,1-3H3. The lowest BCUT2D eigenvalue weighted by molar-refractivity contribution is 0.114. The van der Waals surface area contributed by atoms with Gasteiger partial charge in [0.05, 0.1) is 13.2 Å². The van der Waals surface area contributed by atoms with Crippen LogP contribution in [0.2, 0.25) is 0 Å². The highest BCUT2D eigenvalue weighted by Gasteiger charge is 2.09. The molecule has 96 valence electrons. The van der Waals surface area contributed by atoms with Crippen molar-refractivity contribution in [2.24, 2.45) is 5.92 Å². The Bertz CT molecular complexity index is 350. The van der Waals surface area contributed by atoms with E-state index in [0.717, 1.165) is 29.5 Å². The van der Waals surface area contributed by atoms with E-state index in [2.05, 4.69) is 15.9 Å². The van der Waals surface area contributed by atoms with Crippen LogP contribution in [0.3, 0.4) is 0 Å². The van der Waals surface area contributed by atoms with Gasteiger partial charge >= 0.3 is 0 Å². The molecule has 0 aromatic heterocycles. The third-order valence-electron chi connectivity index (χ3n) is 2.97. The van der Waals surface area contributed by atoms with Crippen LogP contribution in [-0.2, 0) is 6.42 Å². The van der Waals surface area contributed by atoms with Crippen LogP contribution in [0.25, 0.3) is 0 Å². The molecule has 1 atom stereocenters. The first-order chi connectivity index (χ1) is 8.04. The number of rotatable bonds is 6. The molecule has 0 radical (unpaired) electrons. The molecule has 1 N–H and O–H groups in total. The zero-order chi connectivity index (χ0) is 12.8. The Hall–Kier alpha value is -0.540. The van der Waals surface area contributed by atoms with Crippen LogP contribution in [0, 0.1) is 5.92 Å². The molecule has 0 bridgehead atoms. The highest BCUT2D eigenvalue weighted by molar-refractivity contribution is 9.10. The van der Waals surface area contributed by atoms with Crippen molar-refractivity contribution >= 4 is 15.9 Å². The van der Waals surface area contributed by atoms with Gasteiger partial charge in [0, 0.05) is 4.47 Å². The van der Waals surface area contributed by atoms with Crippen LogP contribution >= 0.6 is 15.9 Å². The van der Waals surface area contributed by atoms with Crippen molar-refractivity contribution in [1.29, 1.82) is 0 Å². The van der Waals surface area contributed by atoms with Gasteiger partial charge in [-0.1, -0.05) is 29.8 Å². The van der Waals surface area contributed by atoms with E-state index >= 15 is 0 Å². The van der Waals surface area contributed by atoms with Crippen molar-refractivity contribution in [2.45, 2.75) is 39.2 Å². The fourth-order valence-electron chi connectivity index (χ4n) is 1.70. The summed E-state index contributed by atoms with van der Waals surface area (Å²) < 4.78 is 6.31. The second-order valence-corrected chi connectivity index (χ2v) is 5.52. The number of aliphatic hydroxyl groups is 1. The van der Waals surface area contributed by atoms with E-state index in [-0.39, 0.29) is 6.10 Å². The zero-order valence-electron chi connectivity index (χ0n) is 10.7. The number of ether oxygens (including phenoxy) is 1. The summed E-state index contributed by atoms with van der Waals surface area (Å²) in [6.07, 6.45) is 2.60. The van der Waals surface area contributed by atoms with Crippen LogP contribution in [0.15, 0.2) is 22.7 Å². The minimum absolute atomic E-state index is 0.195. The summed E-state index contributed by atoms with van der Waals surface area (Å²) in [7, 11) is 1.68. The summed E-state index contributed by atoms with van der Waals surface area (Å²) >= 11 is 3.54. The van der Waals surface area contributed by atoms with E-state index in [9.17, 15) is 5.11 Å². The van der Waals surface area contributed by atoms with Gasteiger partial charge in [0.1, 0.15) is 5.75 Å². The molecule has 2 nitrogen and oxygen atoms in total. The molecule has 17 heavy (non-hydrogen) atoms. The monoisotopic (exact) mass is 300 g/mol. The van der Waals surface area contributed by atoms with Crippen molar-refractivity contribution < 1.29 is 9.84 Å². The Morgan fingerprint density at radius 3 is 2.65 bits per heavy atom. The topological polar surface area (TPSA) is 29.5 Å². The maximum absolute atomic E-state index is 9.74. The van der Waals surface area contributed by atoms with Crippen molar-refractivity contribution in [3.05, 3.63) is 28.2 Å². The molecule has 0 fully saturated rings. The number of hydrogen-bond acceptors (Lipinski definition) is 2. The molecule has 0 aliphatic heterocycles. The molecule has 3 heteroatoms. The first-order valence-electron chi connectivity index (χ1n) is 6.05. The normalized spacial score (nSPS) is 12.8. The Kier molecular flexibility index (Phi) is 6.00. The van der Waals surface area contributed by atoms with Gasteiger partial charge in [-0.15, -0.1) is 0 Å². The van der Waals surface area contributed by atoms with Crippen molar-refractivity contribution in [1.82, 2.24) is 0 Å². The summed E-state index contributed by atoms with van der Waals surface area (Å²) in [5.41, 5.74) is 1.24. The summed E-state index contributed by atoms with van der Waals surface area (Å²) in [5.74, 6) is 1.22. The molecule has 0 amide bonds. The van der Waals surface area contributed by atoms with Crippen LogP contribution in [0.5, 0.6) is 5.75 Å². The molecule has 0 heterocycles. The minimum atomic E-state index is -0.195. The summed E-state index contributed by atoms with van der Waals surface area (Å²) in [6.45, 7) is 4.10. The van der Waals surface area contributed by atoms with E-state index in [1.54, 1.807) is 7.11 Å².